The van der Waals surface area contributed by atoms with Gasteiger partial charge in [-0.25, -0.2) is 0 Å². The zero-order valence-electron chi connectivity index (χ0n) is 10.3. The zero-order valence-corrected chi connectivity index (χ0v) is 10.3. The molecule has 0 amide bonds. The van der Waals surface area contributed by atoms with Crippen molar-refractivity contribution in [3.63, 3.8) is 0 Å². The summed E-state index contributed by atoms with van der Waals surface area (Å²) in [6, 6.07) is 19.1. The second-order valence-corrected chi connectivity index (χ2v) is 4.08. The van der Waals surface area contributed by atoms with Crippen molar-refractivity contribution in [2.24, 2.45) is 5.73 Å². The monoisotopic (exact) mass is 235 g/mol. The Labute approximate surface area is 108 Å². The fourth-order valence-electron chi connectivity index (χ4n) is 1.81. The molecule has 1 heteroatoms. The van der Waals surface area contributed by atoms with Crippen LogP contribution in [0.5, 0.6) is 0 Å². The van der Waals surface area contributed by atoms with E-state index in [4.69, 9.17) is 5.73 Å². The van der Waals surface area contributed by atoms with Crippen molar-refractivity contribution in [3.05, 3.63) is 84.6 Å². The van der Waals surface area contributed by atoms with Crippen molar-refractivity contribution in [2.75, 3.05) is 0 Å². The lowest BCUT2D eigenvalue weighted by atomic mass is 10.0. The summed E-state index contributed by atoms with van der Waals surface area (Å²) in [5.41, 5.74) is 9.07. The molecule has 0 atom stereocenters. The van der Waals surface area contributed by atoms with E-state index in [0.717, 1.165) is 6.42 Å². The SMILES string of the molecule is N/C=C\C=C/Cc1ccc(-c2ccccc2)cc1. The normalized spacial score (nSPS) is 11.3. The Morgan fingerprint density at radius 2 is 1.44 bits per heavy atom. The molecule has 0 radical (unpaired) electrons. The van der Waals surface area contributed by atoms with Gasteiger partial charge in [-0.2, -0.15) is 0 Å². The van der Waals surface area contributed by atoms with Crippen molar-refractivity contribution >= 4 is 0 Å². The van der Waals surface area contributed by atoms with Crippen LogP contribution in [0.2, 0.25) is 0 Å². The minimum Gasteiger partial charge on any atom is -0.405 e. The van der Waals surface area contributed by atoms with Crippen molar-refractivity contribution in [3.8, 4) is 11.1 Å². The Morgan fingerprint density at radius 1 is 0.778 bits per heavy atom. The topological polar surface area (TPSA) is 26.0 Å². The number of hydrogen-bond donors (Lipinski definition) is 1. The van der Waals surface area contributed by atoms with E-state index in [-0.39, 0.29) is 0 Å². The summed E-state index contributed by atoms with van der Waals surface area (Å²) in [5, 5.41) is 0. The van der Waals surface area contributed by atoms with Gasteiger partial charge in [-0.3, -0.25) is 0 Å². The van der Waals surface area contributed by atoms with E-state index < -0.39 is 0 Å². The van der Waals surface area contributed by atoms with Gasteiger partial charge in [0.05, 0.1) is 0 Å². The lowest BCUT2D eigenvalue weighted by Gasteiger charge is -2.02. The van der Waals surface area contributed by atoms with Crippen LogP contribution in [0.15, 0.2) is 79.0 Å². The zero-order chi connectivity index (χ0) is 12.6. The molecule has 0 aromatic heterocycles. The van der Waals surface area contributed by atoms with Gasteiger partial charge in [-0.15, -0.1) is 0 Å². The van der Waals surface area contributed by atoms with E-state index in [1.807, 2.05) is 18.2 Å². The summed E-state index contributed by atoms with van der Waals surface area (Å²) in [6.07, 6.45) is 8.36. The van der Waals surface area contributed by atoms with Gasteiger partial charge in [0.1, 0.15) is 0 Å². The number of rotatable bonds is 4. The third-order valence-corrected chi connectivity index (χ3v) is 2.77. The van der Waals surface area contributed by atoms with Crippen LogP contribution in [0.25, 0.3) is 11.1 Å². The molecule has 2 aromatic rings. The molecule has 0 bridgehead atoms. The molecule has 2 rings (SSSR count). The molecule has 90 valence electrons. The van der Waals surface area contributed by atoms with Crippen molar-refractivity contribution in [1.29, 1.82) is 0 Å². The second kappa shape index (κ2) is 6.45. The highest BCUT2D eigenvalue weighted by Crippen LogP contribution is 2.19. The summed E-state index contributed by atoms with van der Waals surface area (Å²) in [6.45, 7) is 0. The Morgan fingerprint density at radius 3 is 2.11 bits per heavy atom. The van der Waals surface area contributed by atoms with E-state index >= 15 is 0 Å². The maximum Gasteiger partial charge on any atom is -0.00625 e. The summed E-state index contributed by atoms with van der Waals surface area (Å²) < 4.78 is 0. The molecule has 2 N–H and O–H groups in total. The van der Waals surface area contributed by atoms with Gasteiger partial charge in [-0.05, 0) is 35.4 Å². The molecule has 0 saturated heterocycles. The van der Waals surface area contributed by atoms with E-state index in [0.29, 0.717) is 0 Å². The Kier molecular flexibility index (Phi) is 4.37. The molecule has 1 nitrogen and oxygen atoms in total. The van der Waals surface area contributed by atoms with E-state index in [1.165, 1.54) is 22.9 Å². The molecule has 0 aliphatic rings. The smallest absolute Gasteiger partial charge is 0.00625 e. The van der Waals surface area contributed by atoms with Crippen LogP contribution in [0.4, 0.5) is 0 Å². The summed E-state index contributed by atoms with van der Waals surface area (Å²) in [4.78, 5) is 0. The van der Waals surface area contributed by atoms with Crippen LogP contribution in [-0.2, 0) is 6.42 Å². The van der Waals surface area contributed by atoms with E-state index in [1.54, 1.807) is 0 Å². The van der Waals surface area contributed by atoms with Crippen LogP contribution < -0.4 is 5.73 Å². The van der Waals surface area contributed by atoms with E-state index in [9.17, 15) is 0 Å². The first-order valence-electron chi connectivity index (χ1n) is 6.08. The maximum absolute atomic E-state index is 5.26. The standard InChI is InChI=1S/C17H17N/c18-14-6-2-3-7-15-10-12-17(13-11-15)16-8-4-1-5-9-16/h1-6,8-14H,7,18H2/b3-2-,14-6-. The molecule has 0 spiro atoms. The van der Waals surface area contributed by atoms with Gasteiger partial charge in [0.15, 0.2) is 0 Å². The molecule has 2 aromatic carbocycles. The van der Waals surface area contributed by atoms with Crippen molar-refractivity contribution in [1.82, 2.24) is 0 Å². The van der Waals surface area contributed by atoms with Gasteiger partial charge in [0.25, 0.3) is 0 Å². The minimum atomic E-state index is 0.930. The quantitative estimate of drug-likeness (QED) is 0.798. The molecule has 0 unspecified atom stereocenters. The highest BCUT2D eigenvalue weighted by atomic mass is 14.5. The fourth-order valence-corrected chi connectivity index (χ4v) is 1.81. The van der Waals surface area contributed by atoms with Gasteiger partial charge >= 0.3 is 0 Å². The summed E-state index contributed by atoms with van der Waals surface area (Å²) in [7, 11) is 0. The maximum atomic E-state index is 5.26. The fraction of sp³-hybridized carbons (Fsp3) is 0.0588. The highest BCUT2D eigenvalue weighted by molar-refractivity contribution is 5.63. The first-order chi connectivity index (χ1) is 8.90. The van der Waals surface area contributed by atoms with Gasteiger partial charge in [0.2, 0.25) is 0 Å². The molecule has 18 heavy (non-hydrogen) atoms. The molecule has 0 heterocycles. The lowest BCUT2D eigenvalue weighted by molar-refractivity contribution is 1.27. The molecular weight excluding hydrogens is 218 g/mol. The molecule has 0 saturated carbocycles. The Hall–Kier alpha value is -2.28. The van der Waals surface area contributed by atoms with Gasteiger partial charge in [-0.1, -0.05) is 66.7 Å². The summed E-state index contributed by atoms with van der Waals surface area (Å²) >= 11 is 0. The van der Waals surface area contributed by atoms with Crippen LogP contribution in [-0.4, -0.2) is 0 Å². The number of nitrogens with two attached hydrogens (primary N) is 1. The van der Waals surface area contributed by atoms with Crippen molar-refractivity contribution < 1.29 is 0 Å². The number of hydrogen-bond acceptors (Lipinski definition) is 1. The van der Waals surface area contributed by atoms with Crippen LogP contribution in [0.1, 0.15) is 5.56 Å². The van der Waals surface area contributed by atoms with Gasteiger partial charge < -0.3 is 5.73 Å². The highest BCUT2D eigenvalue weighted by Gasteiger charge is 1.96. The largest absolute Gasteiger partial charge is 0.405 e. The summed E-state index contributed by atoms with van der Waals surface area (Å²) in [5.74, 6) is 0. The number of allylic oxidation sites excluding steroid dienone is 3. The second-order valence-electron chi connectivity index (χ2n) is 4.08. The minimum absolute atomic E-state index is 0.930. The average Bonchev–Trinajstić information content (AvgIpc) is 2.45. The average molecular weight is 235 g/mol. The molecular formula is C17H17N. The molecule has 0 fully saturated rings. The Balaban J connectivity index is 2.06. The molecule has 0 aliphatic heterocycles. The van der Waals surface area contributed by atoms with Gasteiger partial charge in [0, 0.05) is 0 Å². The third-order valence-electron chi connectivity index (χ3n) is 2.77. The van der Waals surface area contributed by atoms with Crippen LogP contribution >= 0.6 is 0 Å². The van der Waals surface area contributed by atoms with Crippen LogP contribution in [0.3, 0.4) is 0 Å². The predicted molar refractivity (Wildman–Crippen MR) is 78.0 cm³/mol. The van der Waals surface area contributed by atoms with Crippen LogP contribution in [0, 0.1) is 0 Å². The first-order valence-corrected chi connectivity index (χ1v) is 6.08. The number of benzene rings is 2. The third kappa shape index (κ3) is 3.36. The molecule has 0 aliphatic carbocycles. The van der Waals surface area contributed by atoms with Crippen molar-refractivity contribution in [2.45, 2.75) is 6.42 Å². The predicted octanol–water partition coefficient (Wildman–Crippen LogP) is 3.92. The Bertz CT molecular complexity index is 521. The first kappa shape index (κ1) is 12.2. The lowest BCUT2D eigenvalue weighted by Crippen LogP contribution is -1.82. The van der Waals surface area contributed by atoms with E-state index in [2.05, 4.69) is 54.6 Å².